The van der Waals surface area contributed by atoms with Gasteiger partial charge in [0.15, 0.2) is 5.16 Å². The summed E-state index contributed by atoms with van der Waals surface area (Å²) in [6.07, 6.45) is 0. The van der Waals surface area contributed by atoms with Crippen LogP contribution in [-0.2, 0) is 27.1 Å². The number of aromatic nitrogens is 4. The Morgan fingerprint density at radius 1 is 1.12 bits per heavy atom. The molecule has 0 aliphatic carbocycles. The van der Waals surface area contributed by atoms with Gasteiger partial charge in [0.05, 0.1) is 53.0 Å². The molecule has 3 heterocycles. The van der Waals surface area contributed by atoms with E-state index in [1.165, 1.54) is 4.31 Å². The van der Waals surface area contributed by atoms with Crippen LogP contribution in [0.3, 0.4) is 0 Å². The van der Waals surface area contributed by atoms with Crippen LogP contribution in [0.2, 0.25) is 0 Å². The van der Waals surface area contributed by atoms with Gasteiger partial charge in [-0.25, -0.2) is 18.4 Å². The first-order valence-corrected chi connectivity index (χ1v) is 13.2. The Labute approximate surface area is 196 Å². The summed E-state index contributed by atoms with van der Waals surface area (Å²) in [6.45, 7) is 4.37. The molecule has 2 aromatic carbocycles. The van der Waals surface area contributed by atoms with Gasteiger partial charge in [0.1, 0.15) is 11.6 Å². The van der Waals surface area contributed by atoms with Gasteiger partial charge in [-0.1, -0.05) is 11.8 Å². The number of aryl methyl sites for hydroxylation is 1. The van der Waals surface area contributed by atoms with E-state index in [4.69, 9.17) is 14.5 Å². The second kappa shape index (κ2) is 8.98. The Kier molecular flexibility index (Phi) is 6.04. The van der Waals surface area contributed by atoms with E-state index in [0.717, 1.165) is 39.8 Å². The molecule has 0 spiro atoms. The van der Waals surface area contributed by atoms with Crippen LogP contribution >= 0.6 is 11.8 Å². The average molecular weight is 488 g/mol. The zero-order valence-corrected chi connectivity index (χ0v) is 20.1. The molecule has 0 unspecified atom stereocenters. The fourth-order valence-corrected chi connectivity index (χ4v) is 6.27. The van der Waals surface area contributed by atoms with Gasteiger partial charge in [-0.3, -0.25) is 0 Å². The topological polar surface area (TPSA) is 102 Å². The van der Waals surface area contributed by atoms with E-state index < -0.39 is 10.0 Å². The molecule has 0 amide bonds. The lowest BCUT2D eigenvalue weighted by atomic mass is 10.3. The minimum Gasteiger partial charge on any atom is -0.497 e. The number of aromatic amines is 1. The standard InChI is InChI=1S/C22H25N5O4S2/c1-3-27-20-7-5-16(33(28,29)26-8-10-31-11-9-26)13-19(20)23-21(27)14-32-22-24-17-6-4-15(30-2)12-18(17)25-22/h4-7,12-13H,3,8-11,14H2,1-2H3,(H,24,25). The summed E-state index contributed by atoms with van der Waals surface area (Å²) in [5.74, 6) is 2.25. The van der Waals surface area contributed by atoms with Crippen molar-refractivity contribution in [1.82, 2.24) is 23.8 Å². The third-order valence-corrected chi connectivity index (χ3v) is 8.49. The van der Waals surface area contributed by atoms with Crippen LogP contribution in [0, 0.1) is 0 Å². The molecule has 5 rings (SSSR count). The summed E-state index contributed by atoms with van der Waals surface area (Å²) in [4.78, 5) is 13.0. The van der Waals surface area contributed by atoms with Crippen molar-refractivity contribution >= 4 is 43.9 Å². The number of fused-ring (bicyclic) bond motifs is 2. The van der Waals surface area contributed by atoms with Crippen LogP contribution in [0.4, 0.5) is 0 Å². The maximum Gasteiger partial charge on any atom is 0.243 e. The molecule has 11 heteroatoms. The summed E-state index contributed by atoms with van der Waals surface area (Å²) in [5, 5.41) is 0.795. The number of thioether (sulfide) groups is 1. The number of rotatable bonds is 7. The van der Waals surface area contributed by atoms with E-state index in [1.54, 1.807) is 31.0 Å². The van der Waals surface area contributed by atoms with Crippen LogP contribution in [0.25, 0.3) is 22.1 Å². The van der Waals surface area contributed by atoms with Crippen LogP contribution in [0.15, 0.2) is 46.5 Å². The van der Waals surface area contributed by atoms with Crippen molar-refractivity contribution in [3.63, 3.8) is 0 Å². The Balaban J connectivity index is 1.41. The number of imidazole rings is 2. The molecule has 1 aliphatic rings. The van der Waals surface area contributed by atoms with Crippen LogP contribution in [0.5, 0.6) is 5.75 Å². The highest BCUT2D eigenvalue weighted by molar-refractivity contribution is 7.98. The zero-order chi connectivity index (χ0) is 23.0. The van der Waals surface area contributed by atoms with Crippen molar-refractivity contribution in [3.05, 3.63) is 42.2 Å². The van der Waals surface area contributed by atoms with Gasteiger partial charge in [0.25, 0.3) is 0 Å². The quantitative estimate of drug-likeness (QED) is 0.399. The normalized spacial score (nSPS) is 15.5. The lowest BCUT2D eigenvalue weighted by molar-refractivity contribution is 0.0730. The first-order valence-electron chi connectivity index (χ1n) is 10.7. The van der Waals surface area contributed by atoms with Gasteiger partial charge in [-0.05, 0) is 37.3 Å². The number of nitrogens with one attached hydrogen (secondary N) is 1. The van der Waals surface area contributed by atoms with Crippen molar-refractivity contribution in [2.45, 2.75) is 29.3 Å². The Morgan fingerprint density at radius 2 is 1.94 bits per heavy atom. The van der Waals surface area contributed by atoms with E-state index in [2.05, 4.69) is 21.5 Å². The van der Waals surface area contributed by atoms with Gasteiger partial charge in [0, 0.05) is 25.7 Å². The van der Waals surface area contributed by atoms with Gasteiger partial charge < -0.3 is 19.0 Å². The molecule has 0 bridgehead atoms. The SMILES string of the molecule is CCn1c(CSc2nc3ccc(OC)cc3[nH]2)nc2cc(S(=O)(=O)N3CCOCC3)ccc21. The third-order valence-electron chi connectivity index (χ3n) is 5.73. The Bertz CT molecular complexity index is 1410. The minimum absolute atomic E-state index is 0.267. The monoisotopic (exact) mass is 487 g/mol. The van der Waals surface area contributed by atoms with Crippen LogP contribution in [0.1, 0.15) is 12.7 Å². The number of methoxy groups -OCH3 is 1. The Morgan fingerprint density at radius 3 is 2.70 bits per heavy atom. The van der Waals surface area contributed by atoms with E-state index >= 15 is 0 Å². The van der Waals surface area contributed by atoms with Gasteiger partial charge in [-0.2, -0.15) is 4.31 Å². The van der Waals surface area contributed by atoms with Crippen molar-refractivity contribution in [3.8, 4) is 5.75 Å². The first-order chi connectivity index (χ1) is 16.0. The van der Waals surface area contributed by atoms with Crippen molar-refractivity contribution in [2.24, 2.45) is 0 Å². The largest absolute Gasteiger partial charge is 0.497 e. The van der Waals surface area contributed by atoms with Gasteiger partial charge in [-0.15, -0.1) is 0 Å². The van der Waals surface area contributed by atoms with Crippen molar-refractivity contribution in [2.75, 3.05) is 33.4 Å². The highest BCUT2D eigenvalue weighted by Crippen LogP contribution is 2.28. The lowest BCUT2D eigenvalue weighted by Gasteiger charge is -2.26. The molecule has 4 aromatic rings. The van der Waals surface area contributed by atoms with E-state index in [9.17, 15) is 8.42 Å². The van der Waals surface area contributed by atoms with Crippen LogP contribution in [-0.4, -0.2) is 65.7 Å². The van der Waals surface area contributed by atoms with E-state index in [-0.39, 0.29) is 4.90 Å². The molecule has 174 valence electrons. The number of ether oxygens (including phenoxy) is 2. The molecule has 1 N–H and O–H groups in total. The van der Waals surface area contributed by atoms with Gasteiger partial charge >= 0.3 is 0 Å². The molecule has 9 nitrogen and oxygen atoms in total. The zero-order valence-electron chi connectivity index (χ0n) is 18.4. The molecule has 2 aromatic heterocycles. The second-order valence-electron chi connectivity index (χ2n) is 7.65. The molecule has 0 radical (unpaired) electrons. The molecule has 0 saturated carbocycles. The predicted octanol–water partition coefficient (Wildman–Crippen LogP) is 3.25. The summed E-state index contributed by atoms with van der Waals surface area (Å²) >= 11 is 1.56. The van der Waals surface area contributed by atoms with Gasteiger partial charge in [0.2, 0.25) is 10.0 Å². The molecule has 1 saturated heterocycles. The number of hydrogen-bond acceptors (Lipinski definition) is 7. The minimum atomic E-state index is -3.57. The highest BCUT2D eigenvalue weighted by Gasteiger charge is 2.27. The van der Waals surface area contributed by atoms with E-state index in [1.807, 2.05) is 24.3 Å². The smallest absolute Gasteiger partial charge is 0.243 e. The molecule has 1 fully saturated rings. The number of nitrogens with zero attached hydrogens (tertiary/aromatic N) is 4. The fraction of sp³-hybridized carbons (Fsp3) is 0.364. The Hall–Kier alpha value is -2.60. The third kappa shape index (κ3) is 4.21. The van der Waals surface area contributed by atoms with Crippen molar-refractivity contribution < 1.29 is 17.9 Å². The number of benzene rings is 2. The van der Waals surface area contributed by atoms with Crippen molar-refractivity contribution in [1.29, 1.82) is 0 Å². The molecular weight excluding hydrogens is 462 g/mol. The lowest BCUT2D eigenvalue weighted by Crippen LogP contribution is -2.40. The predicted molar refractivity (Wildman–Crippen MR) is 127 cm³/mol. The fourth-order valence-electron chi connectivity index (χ4n) is 4.01. The summed E-state index contributed by atoms with van der Waals surface area (Å²) in [7, 11) is -1.93. The highest BCUT2D eigenvalue weighted by atomic mass is 32.2. The van der Waals surface area contributed by atoms with Crippen LogP contribution < -0.4 is 4.74 Å². The summed E-state index contributed by atoms with van der Waals surface area (Å²) in [5.41, 5.74) is 3.39. The maximum absolute atomic E-state index is 13.0. The first kappa shape index (κ1) is 22.2. The molecular formula is C22H25N5O4S2. The number of hydrogen-bond donors (Lipinski definition) is 1. The molecule has 1 aliphatic heterocycles. The second-order valence-corrected chi connectivity index (χ2v) is 10.6. The summed E-state index contributed by atoms with van der Waals surface area (Å²) < 4.78 is 40.2. The molecule has 33 heavy (non-hydrogen) atoms. The maximum atomic E-state index is 13.0. The number of morpholine rings is 1. The number of sulfonamides is 1. The van der Waals surface area contributed by atoms with E-state index in [0.29, 0.717) is 37.6 Å². The summed E-state index contributed by atoms with van der Waals surface area (Å²) in [6, 6.07) is 10.9. The number of H-pyrrole nitrogens is 1. The molecule has 0 atom stereocenters. The average Bonchev–Trinajstić information content (AvgIpc) is 3.42.